The highest BCUT2D eigenvalue weighted by molar-refractivity contribution is 7.46. The lowest BCUT2D eigenvalue weighted by molar-refractivity contribution is -0.0257. The number of rotatable bonds is 5. The summed E-state index contributed by atoms with van der Waals surface area (Å²) in [5.74, 6) is 0. The van der Waals surface area contributed by atoms with Crippen LogP contribution in [0.4, 0.5) is 0 Å². The maximum atomic E-state index is 10.7. The summed E-state index contributed by atoms with van der Waals surface area (Å²) in [5, 5.41) is 20.2. The molecule has 24 heavy (non-hydrogen) atoms. The Morgan fingerprint density at radius 1 is 1.25 bits per heavy atom. The first kappa shape index (κ1) is 17.6. The number of halogens is 1. The molecule has 1 aliphatic heterocycles. The summed E-state index contributed by atoms with van der Waals surface area (Å²) in [6.45, 7) is -0.466. The number of phosphoric ester groups is 1. The summed E-state index contributed by atoms with van der Waals surface area (Å²) in [7, 11) is -4.70. The molecule has 0 aromatic carbocycles. The van der Waals surface area contributed by atoms with Gasteiger partial charge in [0.2, 0.25) is 0 Å². The highest BCUT2D eigenvalue weighted by Gasteiger charge is 2.43. The second kappa shape index (κ2) is 6.62. The molecular formula is C11H14ClN4O7P. The Bertz CT molecular complexity index is 783. The standard InChI is InChI=1S/C11H14ClN4O7P/c12-10-7-11(14-3-13-10)16(4-15-7)1-5-8(17)9(18)6(23-5)2-22-24(19,20)21/h3-6,8-9,17-18H,1-2H2,(H2,19,20,21)/t5-,6+,8?,9+/m0/s1. The molecule has 0 saturated carbocycles. The predicted molar refractivity (Wildman–Crippen MR) is 79.0 cm³/mol. The van der Waals surface area contributed by atoms with E-state index in [1.54, 1.807) is 4.57 Å². The number of fused-ring (bicyclic) bond motifs is 1. The van der Waals surface area contributed by atoms with Crippen LogP contribution < -0.4 is 0 Å². The molecule has 4 N–H and O–H groups in total. The monoisotopic (exact) mass is 380 g/mol. The van der Waals surface area contributed by atoms with Crippen molar-refractivity contribution in [2.24, 2.45) is 0 Å². The van der Waals surface area contributed by atoms with Gasteiger partial charge in [-0.05, 0) is 0 Å². The first-order valence-corrected chi connectivity index (χ1v) is 8.70. The molecule has 3 heterocycles. The molecule has 3 rings (SSSR count). The maximum absolute atomic E-state index is 10.7. The Labute approximate surface area is 140 Å². The second-order valence-corrected chi connectivity index (χ2v) is 6.81. The van der Waals surface area contributed by atoms with Crippen molar-refractivity contribution < 1.29 is 33.8 Å². The normalized spacial score (nSPS) is 27.9. The fraction of sp³-hybridized carbons (Fsp3) is 0.545. The van der Waals surface area contributed by atoms with E-state index in [0.717, 1.165) is 0 Å². The number of aromatic nitrogens is 4. The van der Waals surface area contributed by atoms with Crippen LogP contribution >= 0.6 is 19.4 Å². The molecule has 4 atom stereocenters. The lowest BCUT2D eigenvalue weighted by Gasteiger charge is -2.15. The first-order valence-electron chi connectivity index (χ1n) is 6.79. The van der Waals surface area contributed by atoms with E-state index in [0.29, 0.717) is 11.2 Å². The average Bonchev–Trinajstić information content (AvgIpc) is 3.03. The summed E-state index contributed by atoms with van der Waals surface area (Å²) in [6, 6.07) is 0. The molecule has 1 saturated heterocycles. The number of phosphoric acid groups is 1. The summed E-state index contributed by atoms with van der Waals surface area (Å²) in [5.41, 5.74) is 0.809. The maximum Gasteiger partial charge on any atom is 0.469 e. The third kappa shape index (κ3) is 3.58. The number of ether oxygens (including phenoxy) is 1. The fourth-order valence-electron chi connectivity index (χ4n) is 2.46. The largest absolute Gasteiger partial charge is 0.469 e. The van der Waals surface area contributed by atoms with Gasteiger partial charge in [0.1, 0.15) is 36.3 Å². The molecule has 0 amide bonds. The van der Waals surface area contributed by atoms with Crippen molar-refractivity contribution in [3.63, 3.8) is 0 Å². The van der Waals surface area contributed by atoms with Gasteiger partial charge >= 0.3 is 7.82 Å². The quantitative estimate of drug-likeness (QED) is 0.377. The molecule has 1 unspecified atom stereocenters. The second-order valence-electron chi connectivity index (χ2n) is 5.21. The summed E-state index contributed by atoms with van der Waals surface area (Å²) < 4.78 is 22.0. The Balaban J connectivity index is 1.73. The summed E-state index contributed by atoms with van der Waals surface area (Å²) in [6.07, 6.45) is -1.85. The van der Waals surface area contributed by atoms with Crippen molar-refractivity contribution in [1.29, 1.82) is 0 Å². The van der Waals surface area contributed by atoms with Crippen molar-refractivity contribution >= 4 is 30.6 Å². The number of aliphatic hydroxyl groups is 2. The van der Waals surface area contributed by atoms with Crippen molar-refractivity contribution in [1.82, 2.24) is 19.5 Å². The van der Waals surface area contributed by atoms with E-state index in [4.69, 9.17) is 26.1 Å². The SMILES string of the molecule is O=P(O)(O)OC[C@H]1O[C@@H](Cn2cnc3c(Cl)ncnc32)C(O)[C@@H]1O. The smallest absolute Gasteiger partial charge is 0.388 e. The van der Waals surface area contributed by atoms with Gasteiger partial charge in [-0.2, -0.15) is 0 Å². The molecule has 0 bridgehead atoms. The van der Waals surface area contributed by atoms with Gasteiger partial charge in [0, 0.05) is 0 Å². The molecule has 132 valence electrons. The number of hydrogen-bond donors (Lipinski definition) is 4. The number of imidazole rings is 1. The lowest BCUT2D eigenvalue weighted by atomic mass is 10.1. The average molecular weight is 381 g/mol. The van der Waals surface area contributed by atoms with Crippen LogP contribution in [0.1, 0.15) is 0 Å². The Morgan fingerprint density at radius 2 is 1.96 bits per heavy atom. The van der Waals surface area contributed by atoms with Gasteiger partial charge in [0.15, 0.2) is 10.8 Å². The zero-order valence-electron chi connectivity index (χ0n) is 12.0. The summed E-state index contributed by atoms with van der Waals surface area (Å²) >= 11 is 5.91. The van der Waals surface area contributed by atoms with Gasteiger partial charge in [0.25, 0.3) is 0 Å². The molecule has 2 aromatic heterocycles. The number of nitrogens with zero attached hydrogens (tertiary/aromatic N) is 4. The van der Waals surface area contributed by atoms with Crippen LogP contribution in [-0.4, -0.2) is 70.5 Å². The van der Waals surface area contributed by atoms with Gasteiger partial charge < -0.3 is 29.3 Å². The minimum Gasteiger partial charge on any atom is -0.388 e. The van der Waals surface area contributed by atoms with Gasteiger partial charge in [-0.3, -0.25) is 4.52 Å². The number of hydrogen-bond acceptors (Lipinski definition) is 8. The Hall–Kier alpha value is -1.17. The number of aliphatic hydroxyl groups excluding tert-OH is 2. The van der Waals surface area contributed by atoms with Crippen LogP contribution in [0, 0.1) is 0 Å². The highest BCUT2D eigenvalue weighted by atomic mass is 35.5. The molecule has 1 aliphatic rings. The molecule has 0 spiro atoms. The minimum absolute atomic E-state index is 0.0917. The van der Waals surface area contributed by atoms with Crippen molar-refractivity contribution in [2.45, 2.75) is 31.0 Å². The van der Waals surface area contributed by atoms with E-state index in [-0.39, 0.29) is 11.7 Å². The zero-order valence-corrected chi connectivity index (χ0v) is 13.7. The van der Waals surface area contributed by atoms with Crippen LogP contribution in [0.3, 0.4) is 0 Å². The fourth-order valence-corrected chi connectivity index (χ4v) is 2.98. The Kier molecular flexibility index (Phi) is 4.87. The highest BCUT2D eigenvalue weighted by Crippen LogP contribution is 2.37. The van der Waals surface area contributed by atoms with E-state index in [2.05, 4.69) is 19.5 Å². The lowest BCUT2D eigenvalue weighted by Crippen LogP contribution is -2.35. The minimum atomic E-state index is -4.70. The van der Waals surface area contributed by atoms with Crippen LogP contribution in [0.15, 0.2) is 12.7 Å². The molecule has 1 fully saturated rings. The van der Waals surface area contributed by atoms with Crippen LogP contribution in [0.25, 0.3) is 11.2 Å². The van der Waals surface area contributed by atoms with Gasteiger partial charge in [0.05, 0.1) is 19.5 Å². The topological polar surface area (TPSA) is 160 Å². The van der Waals surface area contributed by atoms with Crippen molar-refractivity contribution in [3.8, 4) is 0 Å². The molecule has 13 heteroatoms. The molecule has 0 radical (unpaired) electrons. The van der Waals surface area contributed by atoms with Gasteiger partial charge in [-0.1, -0.05) is 11.6 Å². The zero-order chi connectivity index (χ0) is 17.5. The molecule has 11 nitrogen and oxygen atoms in total. The van der Waals surface area contributed by atoms with E-state index in [1.807, 2.05) is 0 Å². The third-order valence-electron chi connectivity index (χ3n) is 3.60. The molecular weight excluding hydrogens is 367 g/mol. The Morgan fingerprint density at radius 3 is 2.67 bits per heavy atom. The van der Waals surface area contributed by atoms with Gasteiger partial charge in [-0.15, -0.1) is 0 Å². The molecule has 2 aromatic rings. The van der Waals surface area contributed by atoms with Gasteiger partial charge in [-0.25, -0.2) is 19.5 Å². The van der Waals surface area contributed by atoms with Crippen molar-refractivity contribution in [2.75, 3.05) is 6.61 Å². The predicted octanol–water partition coefficient (Wildman–Crippen LogP) is -0.922. The first-order chi connectivity index (χ1) is 11.3. The van der Waals surface area contributed by atoms with Crippen molar-refractivity contribution in [3.05, 3.63) is 17.8 Å². The van der Waals surface area contributed by atoms with Crippen LogP contribution in [0.5, 0.6) is 0 Å². The third-order valence-corrected chi connectivity index (χ3v) is 4.36. The van der Waals surface area contributed by atoms with E-state index >= 15 is 0 Å². The van der Waals surface area contributed by atoms with E-state index < -0.39 is 38.8 Å². The van der Waals surface area contributed by atoms with E-state index in [1.165, 1.54) is 12.7 Å². The summed E-state index contributed by atoms with van der Waals surface area (Å²) in [4.78, 5) is 29.3. The van der Waals surface area contributed by atoms with E-state index in [9.17, 15) is 14.8 Å². The van der Waals surface area contributed by atoms with Crippen LogP contribution in [0.2, 0.25) is 5.15 Å². The molecule has 0 aliphatic carbocycles. The van der Waals surface area contributed by atoms with Crippen LogP contribution in [-0.2, 0) is 20.4 Å².